The number of thioether (sulfide) groups is 1. The number of rotatable bonds is 10. The molecule has 0 amide bonds. The third-order valence-electron chi connectivity index (χ3n) is 4.04. The summed E-state index contributed by atoms with van der Waals surface area (Å²) < 4.78 is 38.6. The zero-order valence-electron chi connectivity index (χ0n) is 16.6. The Hall–Kier alpha value is -2.10. The molecule has 3 N–H and O–H groups in total. The SMILES string of the molecule is CN=C(NCCCSc1ccc(F)cc1)NCc1cccc(CS(=O)(=O)NC)c1. The third-order valence-corrected chi connectivity index (χ3v) is 6.47. The fourth-order valence-electron chi connectivity index (χ4n) is 2.53. The predicted molar refractivity (Wildman–Crippen MR) is 118 cm³/mol. The molecular formula is C20H27FN4O2S2. The summed E-state index contributed by atoms with van der Waals surface area (Å²) in [6.07, 6.45) is 0.931. The molecule has 0 aliphatic carbocycles. The first-order valence-corrected chi connectivity index (χ1v) is 11.9. The highest BCUT2D eigenvalue weighted by atomic mass is 32.2. The summed E-state index contributed by atoms with van der Waals surface area (Å²) in [5.41, 5.74) is 1.71. The Morgan fingerprint density at radius 3 is 2.52 bits per heavy atom. The van der Waals surface area contributed by atoms with E-state index in [1.54, 1.807) is 37.0 Å². The maximum atomic E-state index is 12.9. The van der Waals surface area contributed by atoms with Crippen molar-refractivity contribution in [3.8, 4) is 0 Å². The van der Waals surface area contributed by atoms with Crippen LogP contribution in [-0.2, 0) is 22.3 Å². The lowest BCUT2D eigenvalue weighted by Gasteiger charge is -2.12. The number of hydrogen-bond donors (Lipinski definition) is 3. The molecule has 0 atom stereocenters. The number of guanidine groups is 1. The van der Waals surface area contributed by atoms with Crippen molar-refractivity contribution in [3.05, 3.63) is 65.5 Å². The van der Waals surface area contributed by atoms with E-state index in [0.29, 0.717) is 12.5 Å². The molecule has 0 heterocycles. The zero-order valence-corrected chi connectivity index (χ0v) is 18.2. The van der Waals surface area contributed by atoms with E-state index in [-0.39, 0.29) is 11.6 Å². The topological polar surface area (TPSA) is 82.6 Å². The van der Waals surface area contributed by atoms with Crippen molar-refractivity contribution in [2.75, 3.05) is 26.4 Å². The first kappa shape index (κ1) is 23.2. The van der Waals surface area contributed by atoms with Gasteiger partial charge in [-0.25, -0.2) is 17.5 Å². The summed E-state index contributed by atoms with van der Waals surface area (Å²) >= 11 is 1.69. The molecule has 9 heteroatoms. The van der Waals surface area contributed by atoms with Gasteiger partial charge in [-0.3, -0.25) is 4.99 Å². The molecule has 0 fully saturated rings. The quantitative estimate of drug-likeness (QED) is 0.230. The van der Waals surface area contributed by atoms with Gasteiger partial charge in [0.05, 0.1) is 5.75 Å². The largest absolute Gasteiger partial charge is 0.356 e. The van der Waals surface area contributed by atoms with Crippen LogP contribution in [0.3, 0.4) is 0 Å². The monoisotopic (exact) mass is 438 g/mol. The van der Waals surface area contributed by atoms with Crippen LogP contribution < -0.4 is 15.4 Å². The van der Waals surface area contributed by atoms with Crippen LogP contribution in [0.15, 0.2) is 58.4 Å². The molecule has 2 rings (SSSR count). The molecule has 0 unspecified atom stereocenters. The lowest BCUT2D eigenvalue weighted by atomic mass is 10.1. The molecule has 2 aromatic rings. The van der Waals surface area contributed by atoms with Gasteiger partial charge in [-0.05, 0) is 54.6 Å². The van der Waals surface area contributed by atoms with Gasteiger partial charge in [0, 0.05) is 25.0 Å². The van der Waals surface area contributed by atoms with Crippen LogP contribution in [0.25, 0.3) is 0 Å². The third kappa shape index (κ3) is 8.84. The van der Waals surface area contributed by atoms with Gasteiger partial charge < -0.3 is 10.6 Å². The van der Waals surface area contributed by atoms with E-state index in [0.717, 1.165) is 34.7 Å². The van der Waals surface area contributed by atoms with Crippen molar-refractivity contribution in [3.63, 3.8) is 0 Å². The van der Waals surface area contributed by atoms with Gasteiger partial charge in [0.2, 0.25) is 10.0 Å². The maximum Gasteiger partial charge on any atom is 0.215 e. The molecule has 2 aromatic carbocycles. The average Bonchev–Trinajstić information content (AvgIpc) is 2.71. The van der Waals surface area contributed by atoms with Gasteiger partial charge in [-0.2, -0.15) is 0 Å². The van der Waals surface area contributed by atoms with Crippen LogP contribution in [0.4, 0.5) is 4.39 Å². The molecule has 0 bridgehead atoms. The highest BCUT2D eigenvalue weighted by Gasteiger charge is 2.09. The Kier molecular flexibility index (Phi) is 9.43. The molecule has 0 radical (unpaired) electrons. The molecule has 0 saturated heterocycles. The second-order valence-corrected chi connectivity index (χ2v) is 9.39. The van der Waals surface area contributed by atoms with E-state index in [2.05, 4.69) is 20.3 Å². The first-order valence-electron chi connectivity index (χ1n) is 9.24. The van der Waals surface area contributed by atoms with E-state index in [4.69, 9.17) is 0 Å². The van der Waals surface area contributed by atoms with Gasteiger partial charge in [-0.15, -0.1) is 11.8 Å². The van der Waals surface area contributed by atoms with Crippen molar-refractivity contribution < 1.29 is 12.8 Å². The van der Waals surface area contributed by atoms with Crippen LogP contribution in [0.2, 0.25) is 0 Å². The molecule has 0 aliphatic heterocycles. The summed E-state index contributed by atoms with van der Waals surface area (Å²) in [6, 6.07) is 14.0. The van der Waals surface area contributed by atoms with Crippen molar-refractivity contribution in [1.82, 2.24) is 15.4 Å². The summed E-state index contributed by atoms with van der Waals surface area (Å²) in [4.78, 5) is 5.25. The van der Waals surface area contributed by atoms with Crippen molar-refractivity contribution >= 4 is 27.7 Å². The first-order chi connectivity index (χ1) is 13.9. The number of hydrogen-bond acceptors (Lipinski definition) is 4. The number of benzene rings is 2. The number of sulfonamides is 1. The molecular weight excluding hydrogens is 411 g/mol. The van der Waals surface area contributed by atoms with Gasteiger partial charge in [0.25, 0.3) is 0 Å². The highest BCUT2D eigenvalue weighted by Crippen LogP contribution is 2.18. The fraction of sp³-hybridized carbons (Fsp3) is 0.350. The molecule has 0 spiro atoms. The Morgan fingerprint density at radius 2 is 1.83 bits per heavy atom. The normalized spacial score (nSPS) is 12.0. The summed E-state index contributed by atoms with van der Waals surface area (Å²) in [7, 11) is -0.174. The predicted octanol–water partition coefficient (Wildman–Crippen LogP) is 2.72. The minimum absolute atomic E-state index is 0.0456. The van der Waals surface area contributed by atoms with Crippen LogP contribution in [0, 0.1) is 5.82 Å². The minimum atomic E-state index is -3.29. The zero-order chi connectivity index (χ0) is 21.1. The second-order valence-electron chi connectivity index (χ2n) is 6.29. The van der Waals surface area contributed by atoms with Gasteiger partial charge in [0.15, 0.2) is 5.96 Å². The van der Waals surface area contributed by atoms with Gasteiger partial charge >= 0.3 is 0 Å². The molecule has 6 nitrogen and oxygen atoms in total. The summed E-state index contributed by atoms with van der Waals surface area (Å²) in [5.74, 6) is 1.33. The van der Waals surface area contributed by atoms with E-state index >= 15 is 0 Å². The van der Waals surface area contributed by atoms with Crippen molar-refractivity contribution in [2.24, 2.45) is 4.99 Å². The second kappa shape index (κ2) is 11.8. The Labute approximate surface area is 176 Å². The van der Waals surface area contributed by atoms with E-state index in [1.807, 2.05) is 18.2 Å². The van der Waals surface area contributed by atoms with Gasteiger partial charge in [-0.1, -0.05) is 24.3 Å². The number of nitrogens with zero attached hydrogens (tertiary/aromatic N) is 1. The Balaban J connectivity index is 1.72. The van der Waals surface area contributed by atoms with E-state index < -0.39 is 10.0 Å². The van der Waals surface area contributed by atoms with Gasteiger partial charge in [0.1, 0.15) is 5.82 Å². The van der Waals surface area contributed by atoms with Crippen LogP contribution in [0.1, 0.15) is 17.5 Å². The van der Waals surface area contributed by atoms with Crippen LogP contribution in [0.5, 0.6) is 0 Å². The number of halogens is 1. The highest BCUT2D eigenvalue weighted by molar-refractivity contribution is 7.99. The number of nitrogens with one attached hydrogen (secondary N) is 3. The van der Waals surface area contributed by atoms with E-state index in [9.17, 15) is 12.8 Å². The molecule has 0 saturated carbocycles. The van der Waals surface area contributed by atoms with E-state index in [1.165, 1.54) is 19.2 Å². The summed E-state index contributed by atoms with van der Waals surface area (Å²) in [5, 5.41) is 6.49. The molecule has 0 aliphatic rings. The molecule has 0 aromatic heterocycles. The Bertz CT molecular complexity index is 903. The van der Waals surface area contributed by atoms with Crippen LogP contribution in [-0.4, -0.2) is 40.8 Å². The lowest BCUT2D eigenvalue weighted by Crippen LogP contribution is -2.37. The number of aliphatic imine (C=N–C) groups is 1. The lowest BCUT2D eigenvalue weighted by molar-refractivity contribution is 0.587. The summed E-state index contributed by atoms with van der Waals surface area (Å²) in [6.45, 7) is 1.30. The maximum absolute atomic E-state index is 12.9. The van der Waals surface area contributed by atoms with Crippen molar-refractivity contribution in [1.29, 1.82) is 0 Å². The minimum Gasteiger partial charge on any atom is -0.356 e. The molecule has 29 heavy (non-hydrogen) atoms. The standard InChI is InChI=1S/C20H27FN4O2S2/c1-22-20(24-11-4-12-28-19-9-7-18(21)8-10-19)25-14-16-5-3-6-17(13-16)15-29(26,27)23-2/h3,5-10,13,23H,4,11-12,14-15H2,1-2H3,(H2,22,24,25). The smallest absolute Gasteiger partial charge is 0.215 e. The van der Waals surface area contributed by atoms with Crippen LogP contribution >= 0.6 is 11.8 Å². The fourth-order valence-corrected chi connectivity index (χ4v) is 4.14. The average molecular weight is 439 g/mol. The van der Waals surface area contributed by atoms with Crippen molar-refractivity contribution in [2.45, 2.75) is 23.6 Å². The molecule has 158 valence electrons. The Morgan fingerprint density at radius 1 is 1.10 bits per heavy atom.